The molecule has 9 nitrogen and oxygen atoms in total. The molecule has 0 spiro atoms. The zero-order valence-electron chi connectivity index (χ0n) is 13.6. The molecule has 1 amide bonds. The van der Waals surface area contributed by atoms with Gasteiger partial charge in [0.2, 0.25) is 0 Å². The summed E-state index contributed by atoms with van der Waals surface area (Å²) >= 11 is 3.31. The Morgan fingerprint density at radius 3 is 2.69 bits per heavy atom. The molecule has 10 heteroatoms. The van der Waals surface area contributed by atoms with E-state index in [1.165, 1.54) is 7.11 Å². The minimum atomic E-state index is -0.625. The minimum absolute atomic E-state index is 0.0246. The van der Waals surface area contributed by atoms with Gasteiger partial charge in [-0.25, -0.2) is 5.43 Å². The molecule has 0 heterocycles. The molecule has 0 radical (unpaired) electrons. The number of nitro benzene ring substituents is 1. The number of carbonyl (C=O) groups is 1. The number of anilines is 1. The number of phenolic OH excluding ortho intramolecular Hbond substituents is 1. The molecule has 0 unspecified atom stereocenters. The summed E-state index contributed by atoms with van der Waals surface area (Å²) in [5.41, 5.74) is 2.79. The van der Waals surface area contributed by atoms with E-state index in [2.05, 4.69) is 31.8 Å². The molecule has 0 aliphatic rings. The summed E-state index contributed by atoms with van der Waals surface area (Å²) in [6.45, 7) is -0.0246. The summed E-state index contributed by atoms with van der Waals surface area (Å²) < 4.78 is 5.80. The Hall–Kier alpha value is -3.14. The van der Waals surface area contributed by atoms with E-state index >= 15 is 0 Å². The van der Waals surface area contributed by atoms with Gasteiger partial charge in [-0.15, -0.1) is 0 Å². The van der Waals surface area contributed by atoms with Crippen molar-refractivity contribution in [1.82, 2.24) is 5.43 Å². The van der Waals surface area contributed by atoms with Crippen molar-refractivity contribution < 1.29 is 19.6 Å². The van der Waals surface area contributed by atoms with Crippen LogP contribution in [0.15, 0.2) is 46.0 Å². The second-order valence-electron chi connectivity index (χ2n) is 5.00. The Balaban J connectivity index is 1.98. The van der Waals surface area contributed by atoms with Gasteiger partial charge in [0.15, 0.2) is 11.5 Å². The van der Waals surface area contributed by atoms with Gasteiger partial charge in [0.25, 0.3) is 11.6 Å². The van der Waals surface area contributed by atoms with Crippen LogP contribution in [0.2, 0.25) is 0 Å². The van der Waals surface area contributed by atoms with Gasteiger partial charge in [-0.05, 0) is 24.3 Å². The number of methoxy groups -OCH3 is 1. The van der Waals surface area contributed by atoms with E-state index in [0.29, 0.717) is 0 Å². The van der Waals surface area contributed by atoms with Crippen molar-refractivity contribution in [3.05, 3.63) is 56.5 Å². The van der Waals surface area contributed by atoms with Gasteiger partial charge in [0, 0.05) is 21.8 Å². The Bertz CT molecular complexity index is 839. The Kier molecular flexibility index (Phi) is 6.50. The second kappa shape index (κ2) is 8.81. The molecule has 2 aromatic carbocycles. The number of ether oxygens (including phenoxy) is 1. The summed E-state index contributed by atoms with van der Waals surface area (Å²) in [6, 6.07) is 9.47. The van der Waals surface area contributed by atoms with E-state index < -0.39 is 10.8 Å². The van der Waals surface area contributed by atoms with Crippen LogP contribution < -0.4 is 15.5 Å². The maximum Gasteiger partial charge on any atom is 0.274 e. The quantitative estimate of drug-likeness (QED) is 0.357. The van der Waals surface area contributed by atoms with Gasteiger partial charge >= 0.3 is 0 Å². The molecule has 0 saturated carbocycles. The summed E-state index contributed by atoms with van der Waals surface area (Å²) in [4.78, 5) is 22.0. The van der Waals surface area contributed by atoms with Crippen LogP contribution in [0.5, 0.6) is 11.5 Å². The van der Waals surface area contributed by atoms with E-state index in [9.17, 15) is 20.0 Å². The summed E-state index contributed by atoms with van der Waals surface area (Å²) in [5, 5.41) is 27.5. The first-order valence-electron chi connectivity index (χ1n) is 7.27. The molecule has 0 bridgehead atoms. The van der Waals surface area contributed by atoms with Gasteiger partial charge in [-0.2, -0.15) is 5.10 Å². The zero-order chi connectivity index (χ0) is 19.1. The number of hydrogen-bond acceptors (Lipinski definition) is 7. The summed E-state index contributed by atoms with van der Waals surface area (Å²) in [7, 11) is 1.27. The van der Waals surface area contributed by atoms with E-state index in [0.717, 1.165) is 28.5 Å². The highest BCUT2D eigenvalue weighted by molar-refractivity contribution is 9.10. The fourth-order valence-corrected chi connectivity index (χ4v) is 2.20. The highest BCUT2D eigenvalue weighted by Crippen LogP contribution is 2.33. The Morgan fingerprint density at radius 1 is 1.38 bits per heavy atom. The smallest absolute Gasteiger partial charge is 0.274 e. The molecular formula is C16H15BrN4O5. The molecule has 0 atom stereocenters. The van der Waals surface area contributed by atoms with Crippen molar-refractivity contribution in [3.8, 4) is 11.5 Å². The molecular weight excluding hydrogens is 408 g/mol. The third kappa shape index (κ3) is 5.18. The summed E-state index contributed by atoms with van der Waals surface area (Å²) in [5.74, 6) is -0.811. The topological polar surface area (TPSA) is 126 Å². The number of non-ortho nitro benzene ring substituents is 1. The fraction of sp³-hybridized carbons (Fsp3) is 0.125. The predicted molar refractivity (Wildman–Crippen MR) is 99.7 cm³/mol. The van der Waals surface area contributed by atoms with Crippen LogP contribution in [0.3, 0.4) is 0 Å². The highest BCUT2D eigenvalue weighted by atomic mass is 79.9. The Morgan fingerprint density at radius 2 is 2.08 bits per heavy atom. The lowest BCUT2D eigenvalue weighted by Gasteiger charge is -2.06. The van der Waals surface area contributed by atoms with Crippen LogP contribution in [0, 0.1) is 10.1 Å². The highest BCUT2D eigenvalue weighted by Gasteiger charge is 2.15. The first-order valence-corrected chi connectivity index (χ1v) is 8.06. The maximum atomic E-state index is 11.8. The number of nitrogens with zero attached hydrogens (tertiary/aromatic N) is 2. The van der Waals surface area contributed by atoms with E-state index in [1.54, 1.807) is 12.1 Å². The predicted octanol–water partition coefficient (Wildman–Crippen LogP) is 2.63. The number of hydrazone groups is 1. The molecule has 0 fully saturated rings. The molecule has 3 N–H and O–H groups in total. The standard InChI is InChI=1S/C16H15BrN4O5/c1-26-14-7-13(21(24)25)6-10(16(14)23)8-19-20-15(22)9-18-12-4-2-11(17)3-5-12/h2-8,18,23H,9H2,1H3,(H,20,22)/b19-8+. The van der Waals surface area contributed by atoms with Crippen LogP contribution in [0.25, 0.3) is 0 Å². The first-order chi connectivity index (χ1) is 12.4. The van der Waals surface area contributed by atoms with E-state index in [4.69, 9.17) is 4.74 Å². The maximum absolute atomic E-state index is 11.8. The first kappa shape index (κ1) is 19.2. The average Bonchev–Trinajstić information content (AvgIpc) is 2.62. The van der Waals surface area contributed by atoms with Crippen molar-refractivity contribution >= 4 is 39.4 Å². The number of nitro groups is 1. The van der Waals surface area contributed by atoms with Gasteiger partial charge in [0.05, 0.1) is 30.9 Å². The molecule has 136 valence electrons. The number of rotatable bonds is 7. The van der Waals surface area contributed by atoms with Crippen molar-refractivity contribution in [2.45, 2.75) is 0 Å². The SMILES string of the molecule is COc1cc([N+](=O)[O-])cc(/C=N/NC(=O)CNc2ccc(Br)cc2)c1O. The molecule has 2 rings (SSSR count). The molecule has 0 aromatic heterocycles. The van der Waals surface area contributed by atoms with Gasteiger partial charge < -0.3 is 15.2 Å². The molecule has 2 aromatic rings. The third-order valence-corrected chi connectivity index (χ3v) is 3.74. The van der Waals surface area contributed by atoms with Crippen LogP contribution in [0.4, 0.5) is 11.4 Å². The zero-order valence-corrected chi connectivity index (χ0v) is 15.2. The molecule has 0 saturated heterocycles. The van der Waals surface area contributed by atoms with Crippen molar-refractivity contribution in [3.63, 3.8) is 0 Å². The molecule has 26 heavy (non-hydrogen) atoms. The summed E-state index contributed by atoms with van der Waals surface area (Å²) in [6.07, 6.45) is 1.10. The lowest BCUT2D eigenvalue weighted by atomic mass is 10.2. The second-order valence-corrected chi connectivity index (χ2v) is 5.91. The van der Waals surface area contributed by atoms with Gasteiger partial charge in [0.1, 0.15) is 0 Å². The number of benzene rings is 2. The van der Waals surface area contributed by atoms with E-state index in [1.807, 2.05) is 12.1 Å². The largest absolute Gasteiger partial charge is 0.504 e. The van der Waals surface area contributed by atoms with Crippen molar-refractivity contribution in [1.29, 1.82) is 0 Å². The average molecular weight is 423 g/mol. The number of aromatic hydroxyl groups is 1. The normalized spacial score (nSPS) is 10.5. The van der Waals surface area contributed by atoms with Crippen LogP contribution in [-0.4, -0.2) is 35.8 Å². The van der Waals surface area contributed by atoms with Crippen molar-refractivity contribution in [2.24, 2.45) is 5.10 Å². The number of nitrogens with one attached hydrogen (secondary N) is 2. The van der Waals surface area contributed by atoms with Crippen LogP contribution in [-0.2, 0) is 4.79 Å². The lowest BCUT2D eigenvalue weighted by Crippen LogP contribution is -2.25. The van der Waals surface area contributed by atoms with Gasteiger partial charge in [-0.1, -0.05) is 15.9 Å². The molecule has 0 aliphatic carbocycles. The van der Waals surface area contributed by atoms with Crippen LogP contribution >= 0.6 is 15.9 Å². The van der Waals surface area contributed by atoms with Crippen LogP contribution in [0.1, 0.15) is 5.56 Å². The van der Waals surface area contributed by atoms with Crippen molar-refractivity contribution in [2.75, 3.05) is 19.0 Å². The number of amides is 1. The molecule has 0 aliphatic heterocycles. The monoisotopic (exact) mass is 422 g/mol. The van der Waals surface area contributed by atoms with E-state index in [-0.39, 0.29) is 29.3 Å². The fourth-order valence-electron chi connectivity index (χ4n) is 1.94. The number of hydrogen-bond donors (Lipinski definition) is 3. The minimum Gasteiger partial charge on any atom is -0.504 e. The van der Waals surface area contributed by atoms with Gasteiger partial charge in [-0.3, -0.25) is 14.9 Å². The Labute approximate surface area is 157 Å². The number of carbonyl (C=O) groups excluding carboxylic acids is 1. The number of phenols is 1. The lowest BCUT2D eigenvalue weighted by molar-refractivity contribution is -0.385. The third-order valence-electron chi connectivity index (χ3n) is 3.21. The number of halogens is 1.